The fourth-order valence-corrected chi connectivity index (χ4v) is 2.65. The van der Waals surface area contributed by atoms with Gasteiger partial charge in [0.25, 0.3) is 0 Å². The Morgan fingerprint density at radius 1 is 1.50 bits per heavy atom. The van der Waals surface area contributed by atoms with Gasteiger partial charge in [-0.3, -0.25) is 0 Å². The first-order valence-corrected chi connectivity index (χ1v) is 7.21. The molecule has 0 amide bonds. The van der Waals surface area contributed by atoms with Gasteiger partial charge in [-0.2, -0.15) is 0 Å². The van der Waals surface area contributed by atoms with E-state index in [9.17, 15) is 0 Å². The van der Waals surface area contributed by atoms with E-state index in [0.29, 0.717) is 6.04 Å². The minimum atomic E-state index is 0.561. The maximum absolute atomic E-state index is 5.36. The van der Waals surface area contributed by atoms with E-state index in [1.165, 1.54) is 25.8 Å². The van der Waals surface area contributed by atoms with Gasteiger partial charge in [-0.15, -0.1) is 0 Å². The van der Waals surface area contributed by atoms with Crippen LogP contribution in [0.15, 0.2) is 22.8 Å². The molecule has 0 saturated carbocycles. The number of nitrogens with zero attached hydrogens (tertiary/aromatic N) is 1. The zero-order chi connectivity index (χ0) is 12.8. The average molecular weight is 250 g/mol. The SMILES string of the molecule is CC(CCc1ccco1)NCC1CCCCN1C. The monoisotopic (exact) mass is 250 g/mol. The number of hydrogen-bond acceptors (Lipinski definition) is 3. The van der Waals surface area contributed by atoms with Gasteiger partial charge < -0.3 is 14.6 Å². The van der Waals surface area contributed by atoms with Gasteiger partial charge >= 0.3 is 0 Å². The highest BCUT2D eigenvalue weighted by molar-refractivity contribution is 4.98. The summed E-state index contributed by atoms with van der Waals surface area (Å²) in [5.41, 5.74) is 0. The minimum absolute atomic E-state index is 0.561. The van der Waals surface area contributed by atoms with Gasteiger partial charge in [-0.1, -0.05) is 6.42 Å². The molecule has 1 aromatic rings. The molecule has 1 aliphatic heterocycles. The van der Waals surface area contributed by atoms with Crippen LogP contribution >= 0.6 is 0 Å². The molecule has 0 aliphatic carbocycles. The Bertz CT molecular complexity index is 323. The number of furan rings is 1. The lowest BCUT2D eigenvalue weighted by Gasteiger charge is -2.33. The molecular formula is C15H26N2O. The Balaban J connectivity index is 1.63. The highest BCUT2D eigenvalue weighted by atomic mass is 16.3. The summed E-state index contributed by atoms with van der Waals surface area (Å²) in [5.74, 6) is 1.10. The van der Waals surface area contributed by atoms with Crippen LogP contribution in [0.5, 0.6) is 0 Å². The lowest BCUT2D eigenvalue weighted by atomic mass is 10.0. The molecule has 102 valence electrons. The lowest BCUT2D eigenvalue weighted by molar-refractivity contribution is 0.178. The van der Waals surface area contributed by atoms with Crippen molar-refractivity contribution in [1.82, 2.24) is 10.2 Å². The summed E-state index contributed by atoms with van der Waals surface area (Å²) in [5, 5.41) is 3.66. The molecule has 2 heterocycles. The van der Waals surface area contributed by atoms with Gasteiger partial charge in [0.05, 0.1) is 6.26 Å². The molecule has 3 heteroatoms. The number of piperidine rings is 1. The first kappa shape index (κ1) is 13.6. The molecule has 0 radical (unpaired) electrons. The Morgan fingerprint density at radius 2 is 2.39 bits per heavy atom. The topological polar surface area (TPSA) is 28.4 Å². The molecule has 1 N–H and O–H groups in total. The van der Waals surface area contributed by atoms with Crippen molar-refractivity contribution in [2.45, 2.75) is 51.1 Å². The second-order valence-electron chi connectivity index (χ2n) is 5.56. The summed E-state index contributed by atoms with van der Waals surface area (Å²) in [6.07, 6.45) is 8.02. The van der Waals surface area contributed by atoms with E-state index < -0.39 is 0 Å². The summed E-state index contributed by atoms with van der Waals surface area (Å²) in [6.45, 7) is 4.65. The predicted molar refractivity (Wildman–Crippen MR) is 74.8 cm³/mol. The van der Waals surface area contributed by atoms with Crippen LogP contribution in [0.25, 0.3) is 0 Å². The van der Waals surface area contributed by atoms with E-state index in [2.05, 4.69) is 30.3 Å². The molecule has 2 rings (SSSR count). The summed E-state index contributed by atoms with van der Waals surface area (Å²) in [4.78, 5) is 2.50. The highest BCUT2D eigenvalue weighted by Gasteiger charge is 2.18. The van der Waals surface area contributed by atoms with E-state index in [1.807, 2.05) is 6.07 Å². The van der Waals surface area contributed by atoms with Crippen molar-refractivity contribution in [2.75, 3.05) is 20.1 Å². The number of likely N-dealkylation sites (tertiary alicyclic amines) is 1. The number of likely N-dealkylation sites (N-methyl/N-ethyl adjacent to an activating group) is 1. The number of nitrogens with one attached hydrogen (secondary N) is 1. The van der Waals surface area contributed by atoms with Crippen LogP contribution in [0, 0.1) is 0 Å². The quantitative estimate of drug-likeness (QED) is 0.841. The van der Waals surface area contributed by atoms with Crippen molar-refractivity contribution >= 4 is 0 Å². The van der Waals surface area contributed by atoms with Gasteiger partial charge in [-0.25, -0.2) is 0 Å². The van der Waals surface area contributed by atoms with Crippen LogP contribution < -0.4 is 5.32 Å². The van der Waals surface area contributed by atoms with E-state index >= 15 is 0 Å². The van der Waals surface area contributed by atoms with Crippen LogP contribution in [0.2, 0.25) is 0 Å². The number of aryl methyl sites for hydroxylation is 1. The van der Waals surface area contributed by atoms with Crippen LogP contribution in [-0.2, 0) is 6.42 Å². The van der Waals surface area contributed by atoms with Crippen LogP contribution in [0.4, 0.5) is 0 Å². The molecule has 18 heavy (non-hydrogen) atoms. The smallest absolute Gasteiger partial charge is 0.103 e. The normalized spacial score (nSPS) is 23.1. The van der Waals surface area contributed by atoms with Gasteiger partial charge in [-0.05, 0) is 51.9 Å². The van der Waals surface area contributed by atoms with Crippen molar-refractivity contribution in [3.8, 4) is 0 Å². The maximum Gasteiger partial charge on any atom is 0.103 e. The zero-order valence-corrected chi connectivity index (χ0v) is 11.7. The lowest BCUT2D eigenvalue weighted by Crippen LogP contribution is -2.45. The summed E-state index contributed by atoms with van der Waals surface area (Å²) in [6, 6.07) is 5.31. The third-order valence-corrected chi connectivity index (χ3v) is 4.03. The van der Waals surface area contributed by atoms with Crippen LogP contribution in [-0.4, -0.2) is 37.1 Å². The number of hydrogen-bond donors (Lipinski definition) is 1. The van der Waals surface area contributed by atoms with Gasteiger partial charge in [0.1, 0.15) is 5.76 Å². The standard InChI is InChI=1S/C15H26N2O/c1-13(8-9-15-7-5-11-18-15)16-12-14-6-3-4-10-17(14)2/h5,7,11,13-14,16H,3-4,6,8-10,12H2,1-2H3. The van der Waals surface area contributed by atoms with E-state index in [4.69, 9.17) is 4.42 Å². The van der Waals surface area contributed by atoms with Crippen LogP contribution in [0.1, 0.15) is 38.4 Å². The first-order valence-electron chi connectivity index (χ1n) is 7.21. The largest absolute Gasteiger partial charge is 0.469 e. The van der Waals surface area contributed by atoms with Gasteiger partial charge in [0.15, 0.2) is 0 Å². The fraction of sp³-hybridized carbons (Fsp3) is 0.733. The molecule has 2 atom stereocenters. The third kappa shape index (κ3) is 4.14. The second-order valence-corrected chi connectivity index (χ2v) is 5.56. The molecule has 1 saturated heterocycles. The van der Waals surface area contributed by atoms with Gasteiger partial charge in [0.2, 0.25) is 0 Å². The van der Waals surface area contributed by atoms with Crippen molar-refractivity contribution in [3.05, 3.63) is 24.2 Å². The van der Waals surface area contributed by atoms with Crippen molar-refractivity contribution in [2.24, 2.45) is 0 Å². The summed E-state index contributed by atoms with van der Waals surface area (Å²) >= 11 is 0. The van der Waals surface area contributed by atoms with E-state index in [1.54, 1.807) is 6.26 Å². The number of rotatable bonds is 6. The Morgan fingerprint density at radius 3 is 3.11 bits per heavy atom. The molecule has 2 unspecified atom stereocenters. The Labute approximate surface area is 111 Å². The Kier molecular flexibility index (Phi) is 5.26. The van der Waals surface area contributed by atoms with Crippen molar-refractivity contribution in [1.29, 1.82) is 0 Å². The third-order valence-electron chi connectivity index (χ3n) is 4.03. The minimum Gasteiger partial charge on any atom is -0.469 e. The summed E-state index contributed by atoms with van der Waals surface area (Å²) < 4.78 is 5.36. The van der Waals surface area contributed by atoms with Crippen molar-refractivity contribution < 1.29 is 4.42 Å². The average Bonchev–Trinajstić information content (AvgIpc) is 2.88. The fourth-order valence-electron chi connectivity index (χ4n) is 2.65. The molecule has 1 aromatic heterocycles. The predicted octanol–water partition coefficient (Wildman–Crippen LogP) is 2.67. The Hall–Kier alpha value is -0.800. The molecule has 3 nitrogen and oxygen atoms in total. The zero-order valence-electron chi connectivity index (χ0n) is 11.7. The second kappa shape index (κ2) is 6.95. The highest BCUT2D eigenvalue weighted by Crippen LogP contribution is 2.14. The first-order chi connectivity index (χ1) is 8.75. The van der Waals surface area contributed by atoms with Crippen LogP contribution in [0.3, 0.4) is 0 Å². The maximum atomic E-state index is 5.36. The molecule has 0 aromatic carbocycles. The van der Waals surface area contributed by atoms with Crippen molar-refractivity contribution in [3.63, 3.8) is 0 Å². The van der Waals surface area contributed by atoms with E-state index in [0.717, 1.165) is 31.2 Å². The molecule has 0 spiro atoms. The molecule has 1 fully saturated rings. The van der Waals surface area contributed by atoms with E-state index in [-0.39, 0.29) is 0 Å². The molecule has 0 bridgehead atoms. The molecular weight excluding hydrogens is 224 g/mol. The summed E-state index contributed by atoms with van der Waals surface area (Å²) in [7, 11) is 2.25. The van der Waals surface area contributed by atoms with Gasteiger partial charge in [0, 0.05) is 25.0 Å². The molecule has 1 aliphatic rings.